The minimum absolute atomic E-state index is 0.0611. The van der Waals surface area contributed by atoms with Gasteiger partial charge in [0.25, 0.3) is 0 Å². The highest BCUT2D eigenvalue weighted by atomic mass is 19.1. The van der Waals surface area contributed by atoms with E-state index in [0.29, 0.717) is 5.56 Å². The van der Waals surface area contributed by atoms with Gasteiger partial charge in [-0.25, -0.2) is 9.18 Å². The van der Waals surface area contributed by atoms with Crippen LogP contribution in [-0.2, 0) is 4.74 Å². The van der Waals surface area contributed by atoms with Crippen LogP contribution in [0.1, 0.15) is 15.9 Å². The van der Waals surface area contributed by atoms with Crippen molar-refractivity contribution in [2.75, 3.05) is 7.11 Å². The van der Waals surface area contributed by atoms with Gasteiger partial charge in [0.05, 0.1) is 12.7 Å². The average Bonchev–Trinajstić information content (AvgIpc) is 2.46. The SMILES string of the molecule is C=Cc1ccc(-c2ccc(C(=O)OC)c(F)c2)cc1. The molecule has 0 aliphatic rings. The van der Waals surface area contributed by atoms with Gasteiger partial charge in [-0.1, -0.05) is 43.0 Å². The molecule has 0 amide bonds. The summed E-state index contributed by atoms with van der Waals surface area (Å²) in [6.07, 6.45) is 1.74. The van der Waals surface area contributed by atoms with Gasteiger partial charge < -0.3 is 4.74 Å². The molecule has 0 unspecified atom stereocenters. The van der Waals surface area contributed by atoms with E-state index < -0.39 is 11.8 Å². The highest BCUT2D eigenvalue weighted by molar-refractivity contribution is 5.90. The molecule has 0 aliphatic heterocycles. The maximum Gasteiger partial charge on any atom is 0.340 e. The number of carbonyl (C=O) groups is 1. The van der Waals surface area contributed by atoms with Gasteiger partial charge in [0, 0.05) is 0 Å². The van der Waals surface area contributed by atoms with Crippen molar-refractivity contribution in [2.24, 2.45) is 0 Å². The molecule has 2 rings (SSSR count). The van der Waals surface area contributed by atoms with Crippen LogP contribution in [0.5, 0.6) is 0 Å². The highest BCUT2D eigenvalue weighted by Crippen LogP contribution is 2.23. The molecule has 0 spiro atoms. The fourth-order valence-corrected chi connectivity index (χ4v) is 1.78. The molecule has 0 atom stereocenters. The van der Waals surface area contributed by atoms with E-state index in [9.17, 15) is 9.18 Å². The Morgan fingerprint density at radius 1 is 1.16 bits per heavy atom. The molecule has 0 N–H and O–H groups in total. The largest absolute Gasteiger partial charge is 0.465 e. The third-order valence-corrected chi connectivity index (χ3v) is 2.85. The Bertz CT molecular complexity index is 615. The topological polar surface area (TPSA) is 26.3 Å². The summed E-state index contributed by atoms with van der Waals surface area (Å²) in [5.74, 6) is -1.26. The maximum atomic E-state index is 13.8. The van der Waals surface area contributed by atoms with Crippen LogP contribution in [0.2, 0.25) is 0 Å². The van der Waals surface area contributed by atoms with Crippen LogP contribution in [0.25, 0.3) is 17.2 Å². The number of halogens is 1. The fourth-order valence-electron chi connectivity index (χ4n) is 1.78. The molecule has 0 saturated heterocycles. The van der Waals surface area contributed by atoms with Crippen LogP contribution in [-0.4, -0.2) is 13.1 Å². The summed E-state index contributed by atoms with van der Waals surface area (Å²) in [4.78, 5) is 11.3. The second-order valence-electron chi connectivity index (χ2n) is 4.01. The van der Waals surface area contributed by atoms with E-state index in [2.05, 4.69) is 11.3 Å². The summed E-state index contributed by atoms with van der Waals surface area (Å²) in [7, 11) is 1.23. The number of hydrogen-bond acceptors (Lipinski definition) is 2. The van der Waals surface area contributed by atoms with Gasteiger partial charge in [-0.2, -0.15) is 0 Å². The van der Waals surface area contributed by atoms with Crippen molar-refractivity contribution < 1.29 is 13.9 Å². The minimum Gasteiger partial charge on any atom is -0.465 e. The van der Waals surface area contributed by atoms with E-state index in [1.807, 2.05) is 24.3 Å². The van der Waals surface area contributed by atoms with E-state index >= 15 is 0 Å². The van der Waals surface area contributed by atoms with Crippen LogP contribution in [0, 0.1) is 5.82 Å². The summed E-state index contributed by atoms with van der Waals surface area (Å²) in [6.45, 7) is 3.68. The first-order chi connectivity index (χ1) is 9.15. The highest BCUT2D eigenvalue weighted by Gasteiger charge is 2.12. The first-order valence-corrected chi connectivity index (χ1v) is 5.76. The zero-order valence-corrected chi connectivity index (χ0v) is 10.5. The second kappa shape index (κ2) is 5.48. The van der Waals surface area contributed by atoms with Crippen LogP contribution in [0.15, 0.2) is 49.0 Å². The summed E-state index contributed by atoms with van der Waals surface area (Å²) < 4.78 is 18.3. The lowest BCUT2D eigenvalue weighted by molar-refractivity contribution is 0.0595. The van der Waals surface area contributed by atoms with Gasteiger partial charge in [-0.3, -0.25) is 0 Å². The Labute approximate surface area is 111 Å². The summed E-state index contributed by atoms with van der Waals surface area (Å²) >= 11 is 0. The molecule has 2 aromatic rings. The third kappa shape index (κ3) is 2.71. The average molecular weight is 256 g/mol. The number of hydrogen-bond donors (Lipinski definition) is 0. The van der Waals surface area contributed by atoms with Crippen molar-refractivity contribution in [1.29, 1.82) is 0 Å². The Kier molecular flexibility index (Phi) is 3.76. The van der Waals surface area contributed by atoms with Crippen molar-refractivity contribution in [3.63, 3.8) is 0 Å². The monoisotopic (exact) mass is 256 g/mol. The molecule has 0 fully saturated rings. The predicted molar refractivity (Wildman–Crippen MR) is 73.3 cm³/mol. The molecule has 0 radical (unpaired) electrons. The quantitative estimate of drug-likeness (QED) is 0.778. The van der Waals surface area contributed by atoms with E-state index in [1.54, 1.807) is 12.1 Å². The van der Waals surface area contributed by atoms with Crippen LogP contribution < -0.4 is 0 Å². The van der Waals surface area contributed by atoms with Gasteiger partial charge in [0.15, 0.2) is 0 Å². The summed E-state index contributed by atoms with van der Waals surface area (Å²) in [5, 5.41) is 0. The van der Waals surface area contributed by atoms with Gasteiger partial charge in [-0.15, -0.1) is 0 Å². The minimum atomic E-state index is -0.675. The van der Waals surface area contributed by atoms with Gasteiger partial charge in [-0.05, 0) is 28.8 Å². The van der Waals surface area contributed by atoms with Crippen molar-refractivity contribution >= 4 is 12.0 Å². The molecule has 96 valence electrons. The number of rotatable bonds is 3. The molecule has 2 aromatic carbocycles. The zero-order chi connectivity index (χ0) is 13.8. The third-order valence-electron chi connectivity index (χ3n) is 2.85. The standard InChI is InChI=1S/C16H13FO2/c1-3-11-4-6-12(7-5-11)13-8-9-14(15(17)10-13)16(18)19-2/h3-10H,1H2,2H3. The van der Waals surface area contributed by atoms with E-state index in [4.69, 9.17) is 0 Å². The fraction of sp³-hybridized carbons (Fsp3) is 0.0625. The number of methoxy groups -OCH3 is 1. The number of benzene rings is 2. The van der Waals surface area contributed by atoms with Crippen molar-refractivity contribution in [1.82, 2.24) is 0 Å². The van der Waals surface area contributed by atoms with Crippen LogP contribution >= 0.6 is 0 Å². The van der Waals surface area contributed by atoms with Gasteiger partial charge in [0.1, 0.15) is 5.82 Å². The summed E-state index contributed by atoms with van der Waals surface area (Å²) in [6, 6.07) is 12.0. The molecular weight excluding hydrogens is 243 g/mol. The molecule has 0 heterocycles. The van der Waals surface area contributed by atoms with Crippen LogP contribution in [0.3, 0.4) is 0 Å². The molecule has 0 aliphatic carbocycles. The van der Waals surface area contributed by atoms with Gasteiger partial charge >= 0.3 is 5.97 Å². The smallest absolute Gasteiger partial charge is 0.340 e. The molecular formula is C16H13FO2. The first kappa shape index (κ1) is 13.0. The number of esters is 1. The lowest BCUT2D eigenvalue weighted by Crippen LogP contribution is -2.04. The molecule has 19 heavy (non-hydrogen) atoms. The number of carbonyl (C=O) groups excluding carboxylic acids is 1. The van der Waals surface area contributed by atoms with E-state index in [0.717, 1.165) is 11.1 Å². The predicted octanol–water partition coefficient (Wildman–Crippen LogP) is 3.92. The van der Waals surface area contributed by atoms with E-state index in [1.165, 1.54) is 19.2 Å². The second-order valence-corrected chi connectivity index (χ2v) is 4.01. The van der Waals surface area contributed by atoms with Crippen molar-refractivity contribution in [3.05, 3.63) is 66.0 Å². The van der Waals surface area contributed by atoms with Crippen molar-refractivity contribution in [2.45, 2.75) is 0 Å². The number of ether oxygens (including phenoxy) is 1. The molecule has 0 bridgehead atoms. The normalized spacial score (nSPS) is 10.0. The maximum absolute atomic E-state index is 13.8. The van der Waals surface area contributed by atoms with E-state index in [-0.39, 0.29) is 5.56 Å². The Hall–Kier alpha value is -2.42. The molecule has 3 heteroatoms. The Morgan fingerprint density at radius 2 is 1.79 bits per heavy atom. The Balaban J connectivity index is 2.38. The zero-order valence-electron chi connectivity index (χ0n) is 10.5. The lowest BCUT2D eigenvalue weighted by atomic mass is 10.0. The van der Waals surface area contributed by atoms with Gasteiger partial charge in [0.2, 0.25) is 0 Å². The summed E-state index contributed by atoms with van der Waals surface area (Å²) in [5.41, 5.74) is 2.52. The lowest BCUT2D eigenvalue weighted by Gasteiger charge is -2.05. The van der Waals surface area contributed by atoms with Crippen LogP contribution in [0.4, 0.5) is 4.39 Å². The Morgan fingerprint density at radius 3 is 2.32 bits per heavy atom. The molecule has 0 aromatic heterocycles. The molecule has 2 nitrogen and oxygen atoms in total. The first-order valence-electron chi connectivity index (χ1n) is 5.76. The van der Waals surface area contributed by atoms with Crippen molar-refractivity contribution in [3.8, 4) is 11.1 Å². The molecule has 0 saturated carbocycles.